The van der Waals surface area contributed by atoms with Gasteiger partial charge < -0.3 is 13.8 Å². The number of carbonyl (C=O) groups excluding carboxylic acids is 1. The van der Waals surface area contributed by atoms with Crippen molar-refractivity contribution >= 4 is 52.8 Å². The van der Waals surface area contributed by atoms with Crippen LogP contribution in [0.5, 0.6) is 5.75 Å². The lowest BCUT2D eigenvalue weighted by molar-refractivity contribution is 0.171. The molecule has 1 rings (SSSR count). The number of nitrogens with one attached hydrogen (secondary N) is 1. The average molecular weight is 411 g/mol. The predicted molar refractivity (Wildman–Crippen MR) is 104 cm³/mol. The van der Waals surface area contributed by atoms with Crippen molar-refractivity contribution in [2.24, 2.45) is 5.10 Å². The van der Waals surface area contributed by atoms with Crippen molar-refractivity contribution in [2.75, 3.05) is 19.5 Å². The number of carbonyl (C=O) groups is 1. The van der Waals surface area contributed by atoms with Crippen LogP contribution in [0.2, 0.25) is 5.02 Å². The molecule has 6 nitrogen and oxygen atoms in total. The van der Waals surface area contributed by atoms with Gasteiger partial charge in [0.2, 0.25) is 0 Å². The van der Waals surface area contributed by atoms with Gasteiger partial charge in [0, 0.05) is 10.8 Å². The van der Waals surface area contributed by atoms with E-state index in [0.29, 0.717) is 22.9 Å². The summed E-state index contributed by atoms with van der Waals surface area (Å²) in [5.41, 5.74) is 0.357. The van der Waals surface area contributed by atoms with E-state index in [9.17, 15) is 4.79 Å². The van der Waals surface area contributed by atoms with Crippen LogP contribution < -0.4 is 9.95 Å². The van der Waals surface area contributed by atoms with Crippen molar-refractivity contribution in [1.82, 2.24) is 5.43 Å². The van der Waals surface area contributed by atoms with Gasteiger partial charge in [-0.1, -0.05) is 29.9 Å². The number of halogens is 1. The third-order valence-electron chi connectivity index (χ3n) is 2.41. The standard InChI is InChI=1S/C14H20ClN2O4PS2/c1-4-6-24-22(23,20-5-2)21-13-8-11(7-12(15)9-13)10-16-17-14(18)19-3/h7-10H,4-6H2,1-3H3,(H,17,18). The Kier molecular flexibility index (Phi) is 9.69. The molecule has 0 spiro atoms. The molecule has 0 radical (unpaired) electrons. The van der Waals surface area contributed by atoms with E-state index >= 15 is 0 Å². The zero-order valence-electron chi connectivity index (χ0n) is 13.7. The summed E-state index contributed by atoms with van der Waals surface area (Å²) >= 11 is 13.2. The molecule has 1 amide bonds. The molecule has 0 fully saturated rings. The van der Waals surface area contributed by atoms with E-state index in [0.717, 1.165) is 12.2 Å². The van der Waals surface area contributed by atoms with Crippen molar-refractivity contribution in [2.45, 2.75) is 20.3 Å². The fourth-order valence-corrected chi connectivity index (χ4v) is 6.42. The quantitative estimate of drug-likeness (QED) is 0.358. The smallest absolute Gasteiger partial charge is 0.427 e. The molecule has 1 N–H and O–H groups in total. The molecule has 24 heavy (non-hydrogen) atoms. The Balaban J connectivity index is 2.91. The zero-order chi connectivity index (χ0) is 18.0. The maximum Gasteiger partial charge on any atom is 0.427 e. The molecule has 0 saturated heterocycles. The second kappa shape index (κ2) is 10.9. The molecule has 1 atom stereocenters. The molecule has 0 aliphatic carbocycles. The molecular weight excluding hydrogens is 391 g/mol. The highest BCUT2D eigenvalue weighted by Crippen LogP contribution is 2.60. The molecule has 0 heterocycles. The second-order valence-corrected chi connectivity index (χ2v) is 11.2. The van der Waals surface area contributed by atoms with E-state index in [-0.39, 0.29) is 0 Å². The molecule has 1 unspecified atom stereocenters. The van der Waals surface area contributed by atoms with Crippen molar-refractivity contribution in [3.63, 3.8) is 0 Å². The van der Waals surface area contributed by atoms with Gasteiger partial charge in [0.25, 0.3) is 5.69 Å². The molecule has 1 aromatic carbocycles. The number of hydrogen-bond donors (Lipinski definition) is 1. The van der Waals surface area contributed by atoms with E-state index in [1.165, 1.54) is 24.7 Å². The van der Waals surface area contributed by atoms with Crippen LogP contribution in [0.15, 0.2) is 23.3 Å². The monoisotopic (exact) mass is 410 g/mol. The number of hydrazone groups is 1. The van der Waals surface area contributed by atoms with Gasteiger partial charge in [0.1, 0.15) is 5.75 Å². The number of rotatable bonds is 9. The van der Waals surface area contributed by atoms with Gasteiger partial charge in [0.05, 0.1) is 19.9 Å². The SMILES string of the molecule is CCCSP(=S)(OCC)Oc1cc(Cl)cc(C=NNC(=O)OC)c1. The predicted octanol–water partition coefficient (Wildman–Crippen LogP) is 4.81. The molecule has 0 aromatic heterocycles. The number of nitrogens with zero attached hydrogens (tertiary/aromatic N) is 1. The molecule has 0 aliphatic heterocycles. The van der Waals surface area contributed by atoms with Crippen molar-refractivity contribution in [3.8, 4) is 5.75 Å². The third kappa shape index (κ3) is 7.85. The van der Waals surface area contributed by atoms with Crippen LogP contribution in [0.1, 0.15) is 25.8 Å². The van der Waals surface area contributed by atoms with Gasteiger partial charge in [-0.2, -0.15) is 5.10 Å². The first-order valence-electron chi connectivity index (χ1n) is 7.18. The van der Waals surface area contributed by atoms with Crippen molar-refractivity contribution < 1.29 is 18.6 Å². The molecule has 134 valence electrons. The molecule has 0 aliphatic rings. The number of benzene rings is 1. The van der Waals surface area contributed by atoms with Gasteiger partial charge >= 0.3 is 6.09 Å². The Labute approximate surface area is 156 Å². The van der Waals surface area contributed by atoms with E-state index in [1.54, 1.807) is 18.2 Å². The van der Waals surface area contributed by atoms with Crippen LogP contribution in [0.3, 0.4) is 0 Å². The fraction of sp³-hybridized carbons (Fsp3) is 0.429. The van der Waals surface area contributed by atoms with E-state index < -0.39 is 11.8 Å². The van der Waals surface area contributed by atoms with Crippen molar-refractivity contribution in [3.05, 3.63) is 28.8 Å². The first kappa shape index (κ1) is 21.3. The zero-order valence-corrected chi connectivity index (χ0v) is 16.9. The number of methoxy groups -OCH3 is 1. The Morgan fingerprint density at radius 1 is 1.46 bits per heavy atom. The molecule has 10 heteroatoms. The largest absolute Gasteiger partial charge is 0.452 e. The summed E-state index contributed by atoms with van der Waals surface area (Å²) in [6.07, 6.45) is 1.75. The minimum Gasteiger partial charge on any atom is -0.452 e. The normalized spacial score (nSPS) is 13.5. The first-order valence-corrected chi connectivity index (χ1v) is 11.8. The summed E-state index contributed by atoms with van der Waals surface area (Å²) in [5.74, 6) is 1.36. The number of amides is 1. The maximum absolute atomic E-state index is 11.0. The summed E-state index contributed by atoms with van der Waals surface area (Å²) in [6, 6.07) is 5.07. The number of hydrogen-bond acceptors (Lipinski definition) is 7. The van der Waals surface area contributed by atoms with Crippen molar-refractivity contribution in [1.29, 1.82) is 0 Å². The Morgan fingerprint density at radius 2 is 2.21 bits per heavy atom. The summed E-state index contributed by atoms with van der Waals surface area (Å²) in [4.78, 5) is 11.0. The van der Waals surface area contributed by atoms with Crippen LogP contribution in [-0.2, 0) is 21.1 Å². The maximum atomic E-state index is 11.0. The van der Waals surface area contributed by atoms with E-state index in [4.69, 9.17) is 32.5 Å². The van der Waals surface area contributed by atoms with Gasteiger partial charge in [-0.25, -0.2) is 10.2 Å². The molecule has 1 aromatic rings. The average Bonchev–Trinajstić information content (AvgIpc) is 2.52. The Bertz CT molecular complexity index is 631. The highest BCUT2D eigenvalue weighted by molar-refractivity contribution is 8.68. The summed E-state index contributed by atoms with van der Waals surface area (Å²) in [7, 11) is 1.25. The minimum atomic E-state index is -2.49. The van der Waals surface area contributed by atoms with Gasteiger partial charge in [0.15, 0.2) is 0 Å². The lowest BCUT2D eigenvalue weighted by Crippen LogP contribution is -2.16. The van der Waals surface area contributed by atoms with Gasteiger partial charge in [-0.05, 0) is 48.9 Å². The summed E-state index contributed by atoms with van der Waals surface area (Å²) in [6.45, 7) is 4.43. The highest BCUT2D eigenvalue weighted by Gasteiger charge is 2.21. The minimum absolute atomic E-state index is 0.463. The second-order valence-electron chi connectivity index (χ2n) is 4.37. The summed E-state index contributed by atoms with van der Waals surface area (Å²) < 4.78 is 16.0. The van der Waals surface area contributed by atoms with Crippen LogP contribution in [0.25, 0.3) is 0 Å². The topological polar surface area (TPSA) is 69.2 Å². The lowest BCUT2D eigenvalue weighted by Gasteiger charge is -2.21. The van der Waals surface area contributed by atoms with Gasteiger partial charge in [-0.3, -0.25) is 0 Å². The molecular formula is C14H20ClN2O4PS2. The third-order valence-corrected chi connectivity index (χ3v) is 8.07. The molecule has 0 bridgehead atoms. The highest BCUT2D eigenvalue weighted by atomic mass is 35.5. The Hall–Kier alpha value is -0.790. The first-order chi connectivity index (χ1) is 11.4. The van der Waals surface area contributed by atoms with Gasteiger partial charge in [-0.15, -0.1) is 0 Å². The van der Waals surface area contributed by atoms with Crippen LogP contribution >= 0.6 is 28.7 Å². The van der Waals surface area contributed by atoms with E-state index in [1.807, 2.05) is 6.92 Å². The van der Waals surface area contributed by atoms with E-state index in [2.05, 4.69) is 22.2 Å². The lowest BCUT2D eigenvalue weighted by atomic mass is 10.2. The van der Waals surface area contributed by atoms with Crippen LogP contribution in [0.4, 0.5) is 4.79 Å². The molecule has 0 saturated carbocycles. The van der Waals surface area contributed by atoms with Crippen LogP contribution in [-0.4, -0.2) is 31.8 Å². The Morgan fingerprint density at radius 3 is 2.83 bits per heavy atom. The summed E-state index contributed by atoms with van der Waals surface area (Å²) in [5, 5.41) is 4.22. The van der Waals surface area contributed by atoms with Crippen LogP contribution in [0, 0.1) is 0 Å². The number of ether oxygens (including phenoxy) is 1. The fourth-order valence-electron chi connectivity index (χ4n) is 1.50.